The number of hydrogen-bond acceptors (Lipinski definition) is 5. The normalized spacial score (nSPS) is 12.6. The number of hydrazine groups is 1. The number of aryl methyl sites for hydroxylation is 2. The number of thiophene rings is 1. The second kappa shape index (κ2) is 7.78. The summed E-state index contributed by atoms with van der Waals surface area (Å²) < 4.78 is 10.9. The van der Waals surface area contributed by atoms with E-state index in [4.69, 9.17) is 9.47 Å². The van der Waals surface area contributed by atoms with E-state index in [1.165, 1.54) is 28.9 Å². The Morgan fingerprint density at radius 3 is 2.54 bits per heavy atom. The fourth-order valence-electron chi connectivity index (χ4n) is 2.85. The summed E-state index contributed by atoms with van der Waals surface area (Å²) in [4.78, 5) is 26.4. The third-order valence-corrected chi connectivity index (χ3v) is 5.28. The molecule has 0 unspecified atom stereocenters. The summed E-state index contributed by atoms with van der Waals surface area (Å²) in [7, 11) is 1.52. The van der Waals surface area contributed by atoms with E-state index in [0.717, 1.165) is 19.3 Å². The molecule has 0 spiro atoms. The highest BCUT2D eigenvalue weighted by Crippen LogP contribution is 2.31. The first-order valence-electron chi connectivity index (χ1n) is 8.55. The molecule has 1 aliphatic rings. The van der Waals surface area contributed by atoms with Crippen LogP contribution in [0.4, 0.5) is 0 Å². The number of carbonyl (C=O) groups is 2. The second-order valence-corrected chi connectivity index (χ2v) is 7.49. The molecule has 2 N–H and O–H groups in total. The Morgan fingerprint density at radius 1 is 1.08 bits per heavy atom. The van der Waals surface area contributed by atoms with Crippen molar-refractivity contribution in [1.29, 1.82) is 0 Å². The van der Waals surface area contributed by atoms with Gasteiger partial charge < -0.3 is 9.47 Å². The lowest BCUT2D eigenvalue weighted by molar-refractivity contribution is 0.0848. The molecule has 6 nitrogen and oxygen atoms in total. The highest BCUT2D eigenvalue weighted by atomic mass is 32.1. The maximum absolute atomic E-state index is 12.3. The van der Waals surface area contributed by atoms with E-state index >= 15 is 0 Å². The number of benzene rings is 1. The Balaban J connectivity index is 1.63. The lowest BCUT2D eigenvalue weighted by Crippen LogP contribution is -2.41. The number of fused-ring (bicyclic) bond motifs is 1. The third-order valence-electron chi connectivity index (χ3n) is 4.05. The zero-order valence-corrected chi connectivity index (χ0v) is 15.9. The van der Waals surface area contributed by atoms with Crippen LogP contribution in [0.15, 0.2) is 24.3 Å². The molecule has 26 heavy (non-hydrogen) atoms. The fourth-order valence-corrected chi connectivity index (χ4v) is 4.00. The molecule has 3 rings (SSSR count). The molecule has 0 aliphatic heterocycles. The predicted molar refractivity (Wildman–Crippen MR) is 100 cm³/mol. The zero-order chi connectivity index (χ0) is 18.7. The minimum absolute atomic E-state index is 0.00437. The quantitative estimate of drug-likeness (QED) is 0.789. The van der Waals surface area contributed by atoms with Gasteiger partial charge in [0.25, 0.3) is 11.8 Å². The predicted octanol–water partition coefficient (Wildman–Crippen LogP) is 3.11. The van der Waals surface area contributed by atoms with Crippen molar-refractivity contribution < 1.29 is 19.1 Å². The second-order valence-electron chi connectivity index (χ2n) is 6.35. The Kier molecular flexibility index (Phi) is 5.46. The van der Waals surface area contributed by atoms with Crippen LogP contribution in [-0.2, 0) is 12.8 Å². The van der Waals surface area contributed by atoms with Gasteiger partial charge in [-0.25, -0.2) is 0 Å². The van der Waals surface area contributed by atoms with Crippen LogP contribution in [0.25, 0.3) is 0 Å². The average Bonchev–Trinajstić information content (AvgIpc) is 3.21. The van der Waals surface area contributed by atoms with Crippen LogP contribution in [0.3, 0.4) is 0 Å². The summed E-state index contributed by atoms with van der Waals surface area (Å²) in [6.45, 7) is 3.83. The van der Waals surface area contributed by atoms with Gasteiger partial charge in [-0.15, -0.1) is 11.3 Å². The van der Waals surface area contributed by atoms with Gasteiger partial charge in [0, 0.05) is 10.4 Å². The minimum Gasteiger partial charge on any atom is -0.493 e. The summed E-state index contributed by atoms with van der Waals surface area (Å²) in [6, 6.07) is 6.80. The van der Waals surface area contributed by atoms with Crippen LogP contribution in [-0.4, -0.2) is 25.0 Å². The number of ether oxygens (including phenoxy) is 2. The Hall–Kier alpha value is -2.54. The lowest BCUT2D eigenvalue weighted by atomic mass is 10.2. The number of methoxy groups -OCH3 is 1. The first kappa shape index (κ1) is 18.3. The highest BCUT2D eigenvalue weighted by Gasteiger charge is 2.19. The summed E-state index contributed by atoms with van der Waals surface area (Å²) >= 11 is 1.49. The molecule has 1 heterocycles. The Labute approximate surface area is 156 Å². The summed E-state index contributed by atoms with van der Waals surface area (Å²) in [5.41, 5.74) is 6.53. The molecule has 138 valence electrons. The van der Waals surface area contributed by atoms with Gasteiger partial charge in [0.15, 0.2) is 11.5 Å². The van der Waals surface area contributed by atoms with Crippen LogP contribution in [0.2, 0.25) is 0 Å². The van der Waals surface area contributed by atoms with Crippen molar-refractivity contribution in [2.75, 3.05) is 7.11 Å². The maximum atomic E-state index is 12.3. The van der Waals surface area contributed by atoms with Gasteiger partial charge in [0.05, 0.1) is 18.1 Å². The van der Waals surface area contributed by atoms with E-state index in [9.17, 15) is 9.59 Å². The van der Waals surface area contributed by atoms with Crippen LogP contribution < -0.4 is 20.3 Å². The van der Waals surface area contributed by atoms with E-state index in [-0.39, 0.29) is 12.0 Å². The molecule has 0 atom stereocenters. The molecule has 0 saturated heterocycles. The molecule has 0 radical (unpaired) electrons. The van der Waals surface area contributed by atoms with Crippen LogP contribution in [0.1, 0.15) is 50.7 Å². The van der Waals surface area contributed by atoms with Gasteiger partial charge in [-0.3, -0.25) is 20.4 Å². The van der Waals surface area contributed by atoms with Gasteiger partial charge in [0.1, 0.15) is 0 Å². The van der Waals surface area contributed by atoms with Gasteiger partial charge in [0.2, 0.25) is 0 Å². The molecule has 1 aliphatic carbocycles. The number of amides is 2. The molecular weight excluding hydrogens is 352 g/mol. The average molecular weight is 374 g/mol. The maximum Gasteiger partial charge on any atom is 0.279 e. The van der Waals surface area contributed by atoms with Crippen molar-refractivity contribution in [2.45, 2.75) is 39.2 Å². The van der Waals surface area contributed by atoms with Crippen molar-refractivity contribution in [3.05, 3.63) is 45.1 Å². The molecule has 7 heteroatoms. The van der Waals surface area contributed by atoms with E-state index < -0.39 is 5.91 Å². The molecule has 0 saturated carbocycles. The molecule has 2 amide bonds. The van der Waals surface area contributed by atoms with Gasteiger partial charge in [-0.05, 0) is 62.9 Å². The molecule has 0 fully saturated rings. The first-order valence-corrected chi connectivity index (χ1v) is 9.36. The summed E-state index contributed by atoms with van der Waals surface area (Å²) in [5, 5.41) is 0. The van der Waals surface area contributed by atoms with Crippen molar-refractivity contribution in [2.24, 2.45) is 0 Å². The monoisotopic (exact) mass is 374 g/mol. The van der Waals surface area contributed by atoms with E-state index in [2.05, 4.69) is 10.9 Å². The van der Waals surface area contributed by atoms with E-state index in [0.29, 0.717) is 21.9 Å². The largest absolute Gasteiger partial charge is 0.493 e. The Morgan fingerprint density at radius 2 is 1.85 bits per heavy atom. The number of hydrogen-bond donors (Lipinski definition) is 2. The van der Waals surface area contributed by atoms with Crippen molar-refractivity contribution in [3.63, 3.8) is 0 Å². The first-order chi connectivity index (χ1) is 12.5. The minimum atomic E-state index is -0.420. The molecule has 1 aromatic heterocycles. The summed E-state index contributed by atoms with van der Waals surface area (Å²) in [5.74, 6) is 0.310. The topological polar surface area (TPSA) is 76.7 Å². The number of carbonyl (C=O) groups excluding carboxylic acids is 2. The summed E-state index contributed by atoms with van der Waals surface area (Å²) in [6.07, 6.45) is 3.20. The van der Waals surface area contributed by atoms with Gasteiger partial charge in [-0.1, -0.05) is 0 Å². The molecule has 0 bridgehead atoms. The van der Waals surface area contributed by atoms with Crippen molar-refractivity contribution in [1.82, 2.24) is 10.9 Å². The molecule has 1 aromatic carbocycles. The van der Waals surface area contributed by atoms with Crippen LogP contribution >= 0.6 is 11.3 Å². The molecular formula is C19H22N2O4S. The van der Waals surface area contributed by atoms with Crippen molar-refractivity contribution in [3.8, 4) is 11.5 Å². The van der Waals surface area contributed by atoms with E-state index in [1.807, 2.05) is 19.9 Å². The zero-order valence-electron chi connectivity index (χ0n) is 15.0. The fraction of sp³-hybridized carbons (Fsp3) is 0.368. The van der Waals surface area contributed by atoms with E-state index in [1.54, 1.807) is 18.2 Å². The SMILES string of the molecule is COc1cc(C(=O)NNC(=O)c2cc3c(s2)CCC3)ccc1OC(C)C. The van der Waals surface area contributed by atoms with Crippen LogP contribution in [0, 0.1) is 0 Å². The highest BCUT2D eigenvalue weighted by molar-refractivity contribution is 7.14. The standard InChI is InChI=1S/C19H22N2O4S/c1-11(2)25-14-8-7-13(9-15(14)24-3)18(22)20-21-19(23)17-10-12-5-4-6-16(12)26-17/h7-11H,4-6H2,1-3H3,(H,20,22)(H,21,23). The van der Waals surface area contributed by atoms with Gasteiger partial charge in [-0.2, -0.15) is 0 Å². The number of rotatable bonds is 5. The van der Waals surface area contributed by atoms with Gasteiger partial charge >= 0.3 is 0 Å². The number of nitrogens with one attached hydrogen (secondary N) is 2. The van der Waals surface area contributed by atoms with Crippen LogP contribution in [0.5, 0.6) is 11.5 Å². The Bertz CT molecular complexity index is 807. The third kappa shape index (κ3) is 3.99. The smallest absolute Gasteiger partial charge is 0.279 e. The van der Waals surface area contributed by atoms with Crippen molar-refractivity contribution >= 4 is 23.2 Å². The molecule has 2 aromatic rings. The lowest BCUT2D eigenvalue weighted by Gasteiger charge is -2.14.